The van der Waals surface area contributed by atoms with Crippen LogP contribution in [0.15, 0.2) is 45.6 Å². The Balaban J connectivity index is 1.93. The Morgan fingerprint density at radius 2 is 2.00 bits per heavy atom. The van der Waals surface area contributed by atoms with Crippen molar-refractivity contribution in [3.8, 4) is 22.8 Å². The van der Waals surface area contributed by atoms with Gasteiger partial charge in [0, 0.05) is 35.7 Å². The molecule has 3 aromatic rings. The molecule has 9 heteroatoms. The molecule has 0 spiro atoms. The Morgan fingerprint density at radius 3 is 2.70 bits per heavy atom. The molecule has 8 nitrogen and oxygen atoms in total. The van der Waals surface area contributed by atoms with Gasteiger partial charge in [-0.3, -0.25) is 9.59 Å². The van der Waals surface area contributed by atoms with Gasteiger partial charge in [-0.2, -0.15) is 0 Å². The SMILES string of the molecule is C[C@H](N)C(=O)O[C@@H]1CN(C)CC[C@@H]1c1c(O)cc(O)c2c(=O)cc(-c3ccccc3Cl)oc12. The monoisotopic (exact) mass is 472 g/mol. The van der Waals surface area contributed by atoms with Crippen molar-refractivity contribution in [1.29, 1.82) is 0 Å². The summed E-state index contributed by atoms with van der Waals surface area (Å²) in [5.41, 5.74) is 6.03. The number of esters is 1. The molecular formula is C24H25ClN2O6. The van der Waals surface area contributed by atoms with Gasteiger partial charge < -0.3 is 30.0 Å². The fourth-order valence-electron chi connectivity index (χ4n) is 4.25. The van der Waals surface area contributed by atoms with Gasteiger partial charge in [0.1, 0.15) is 40.4 Å². The molecule has 0 unspecified atom stereocenters. The Kier molecular flexibility index (Phi) is 6.34. The van der Waals surface area contributed by atoms with Gasteiger partial charge in [0.2, 0.25) is 0 Å². The highest BCUT2D eigenvalue weighted by atomic mass is 35.5. The van der Waals surface area contributed by atoms with Crippen molar-refractivity contribution in [3.05, 3.63) is 57.2 Å². The number of rotatable bonds is 4. The van der Waals surface area contributed by atoms with E-state index in [1.807, 2.05) is 11.9 Å². The second kappa shape index (κ2) is 9.05. The number of likely N-dealkylation sites (N-methyl/N-ethyl adjacent to an activating group) is 1. The summed E-state index contributed by atoms with van der Waals surface area (Å²) in [5.74, 6) is -1.52. The first-order valence-electron chi connectivity index (χ1n) is 10.6. The molecule has 2 aromatic carbocycles. The Bertz CT molecular complexity index is 1270. The smallest absolute Gasteiger partial charge is 0.322 e. The topological polar surface area (TPSA) is 126 Å². The third-order valence-electron chi connectivity index (χ3n) is 5.91. The van der Waals surface area contributed by atoms with E-state index in [1.165, 1.54) is 13.0 Å². The van der Waals surface area contributed by atoms with Crippen LogP contribution in [0, 0.1) is 0 Å². The molecule has 0 radical (unpaired) electrons. The first-order chi connectivity index (χ1) is 15.7. The summed E-state index contributed by atoms with van der Waals surface area (Å²) in [7, 11) is 1.90. The molecule has 0 aliphatic carbocycles. The number of carbonyl (C=O) groups excluding carboxylic acids is 1. The number of ether oxygens (including phenoxy) is 1. The standard InChI is InChI=1S/C24H25ClN2O6/c1-12(26)24(31)33-20-11-27(2)8-7-14(20)21-16(28)9-17(29)22-18(30)10-19(32-23(21)22)13-5-3-4-6-15(13)25/h3-6,9-10,12,14,20,28-29H,7-8,11,26H2,1-2H3/t12-,14-,20+/m0/s1. The van der Waals surface area contributed by atoms with Crippen molar-refractivity contribution in [1.82, 2.24) is 4.90 Å². The lowest BCUT2D eigenvalue weighted by atomic mass is 9.85. The van der Waals surface area contributed by atoms with Gasteiger partial charge in [0.25, 0.3) is 0 Å². The summed E-state index contributed by atoms with van der Waals surface area (Å²) < 4.78 is 11.8. The normalized spacial score (nSPS) is 20.0. The number of benzene rings is 2. The molecule has 1 aliphatic heterocycles. The summed E-state index contributed by atoms with van der Waals surface area (Å²) >= 11 is 6.30. The summed E-state index contributed by atoms with van der Waals surface area (Å²) in [4.78, 5) is 27.3. The van der Waals surface area contributed by atoms with Gasteiger partial charge in [-0.25, -0.2) is 0 Å². The number of nitrogens with zero attached hydrogens (tertiary/aromatic N) is 1. The van der Waals surface area contributed by atoms with Crippen LogP contribution in [0.2, 0.25) is 5.02 Å². The molecule has 174 valence electrons. The van der Waals surface area contributed by atoms with E-state index in [-0.39, 0.29) is 22.5 Å². The second-order valence-corrected chi connectivity index (χ2v) is 8.82. The quantitative estimate of drug-likeness (QED) is 0.494. The Labute approximate surface area is 195 Å². The van der Waals surface area contributed by atoms with Crippen LogP contribution < -0.4 is 11.2 Å². The highest BCUT2D eigenvalue weighted by Crippen LogP contribution is 2.43. The van der Waals surface area contributed by atoms with Crippen LogP contribution in [-0.4, -0.2) is 53.4 Å². The van der Waals surface area contributed by atoms with E-state index in [0.29, 0.717) is 35.7 Å². The summed E-state index contributed by atoms with van der Waals surface area (Å²) in [5, 5.41) is 21.6. The summed E-state index contributed by atoms with van der Waals surface area (Å²) in [6, 6.07) is 8.45. The van der Waals surface area contributed by atoms with Gasteiger partial charge >= 0.3 is 5.97 Å². The minimum absolute atomic E-state index is 0.0336. The van der Waals surface area contributed by atoms with Crippen molar-refractivity contribution in [2.24, 2.45) is 5.73 Å². The van der Waals surface area contributed by atoms with Crippen LogP contribution in [0.1, 0.15) is 24.8 Å². The minimum atomic E-state index is -0.812. The molecule has 0 saturated carbocycles. The van der Waals surface area contributed by atoms with Crippen LogP contribution in [0.4, 0.5) is 0 Å². The number of likely N-dealkylation sites (tertiary alicyclic amines) is 1. The summed E-state index contributed by atoms with van der Waals surface area (Å²) in [6.07, 6.45) is -0.129. The van der Waals surface area contributed by atoms with Crippen LogP contribution >= 0.6 is 11.6 Å². The van der Waals surface area contributed by atoms with E-state index in [9.17, 15) is 19.8 Å². The van der Waals surface area contributed by atoms with Crippen molar-refractivity contribution >= 4 is 28.5 Å². The van der Waals surface area contributed by atoms with Crippen molar-refractivity contribution < 1.29 is 24.2 Å². The number of halogens is 1. The number of aromatic hydroxyl groups is 2. The first kappa shape index (κ1) is 23.1. The Hall–Kier alpha value is -3.07. The van der Waals surface area contributed by atoms with Gasteiger partial charge in [-0.15, -0.1) is 0 Å². The second-order valence-electron chi connectivity index (χ2n) is 8.41. The molecule has 0 bridgehead atoms. The highest BCUT2D eigenvalue weighted by Gasteiger charge is 2.37. The molecule has 2 heterocycles. The number of fused-ring (bicyclic) bond motifs is 1. The molecule has 1 saturated heterocycles. The van der Waals surface area contributed by atoms with Crippen molar-refractivity contribution in [3.63, 3.8) is 0 Å². The number of hydrogen-bond acceptors (Lipinski definition) is 8. The average Bonchev–Trinajstić information content (AvgIpc) is 2.74. The highest BCUT2D eigenvalue weighted by molar-refractivity contribution is 6.33. The number of hydrogen-bond donors (Lipinski definition) is 3. The fourth-order valence-corrected chi connectivity index (χ4v) is 4.48. The molecule has 1 fully saturated rings. The molecule has 33 heavy (non-hydrogen) atoms. The Morgan fingerprint density at radius 1 is 1.27 bits per heavy atom. The van der Waals surface area contributed by atoms with E-state index in [4.69, 9.17) is 26.5 Å². The van der Waals surface area contributed by atoms with Crippen LogP contribution in [0.25, 0.3) is 22.3 Å². The van der Waals surface area contributed by atoms with E-state index >= 15 is 0 Å². The largest absolute Gasteiger partial charge is 0.507 e. The zero-order valence-electron chi connectivity index (χ0n) is 18.2. The zero-order valence-corrected chi connectivity index (χ0v) is 19.0. The molecule has 4 N–H and O–H groups in total. The lowest BCUT2D eigenvalue weighted by molar-refractivity contribution is -0.153. The molecular weight excluding hydrogens is 448 g/mol. The lowest BCUT2D eigenvalue weighted by Crippen LogP contribution is -2.45. The molecule has 4 rings (SSSR count). The van der Waals surface area contributed by atoms with Gasteiger partial charge in [0.05, 0.1) is 5.02 Å². The maximum absolute atomic E-state index is 13.0. The minimum Gasteiger partial charge on any atom is -0.507 e. The number of phenolic OH excluding ortho intramolecular Hbond substituents is 2. The number of piperidine rings is 1. The molecule has 0 amide bonds. The maximum atomic E-state index is 13.0. The lowest BCUT2D eigenvalue weighted by Gasteiger charge is -2.37. The van der Waals surface area contributed by atoms with Crippen LogP contribution in [-0.2, 0) is 9.53 Å². The molecule has 1 aliphatic rings. The predicted octanol–water partition coefficient (Wildman–Crippen LogP) is 3.20. The number of carbonyl (C=O) groups is 1. The first-order valence-corrected chi connectivity index (χ1v) is 11.0. The van der Waals surface area contributed by atoms with Gasteiger partial charge in [-0.05, 0) is 39.1 Å². The zero-order chi connectivity index (χ0) is 23.9. The van der Waals surface area contributed by atoms with Gasteiger partial charge in [-0.1, -0.05) is 23.7 Å². The van der Waals surface area contributed by atoms with E-state index in [1.54, 1.807) is 24.3 Å². The van der Waals surface area contributed by atoms with E-state index in [0.717, 1.165) is 6.07 Å². The average molecular weight is 473 g/mol. The van der Waals surface area contributed by atoms with E-state index < -0.39 is 35.2 Å². The summed E-state index contributed by atoms with van der Waals surface area (Å²) in [6.45, 7) is 2.60. The van der Waals surface area contributed by atoms with E-state index in [2.05, 4.69) is 0 Å². The van der Waals surface area contributed by atoms with Crippen molar-refractivity contribution in [2.75, 3.05) is 20.1 Å². The third kappa shape index (κ3) is 4.42. The third-order valence-corrected chi connectivity index (χ3v) is 6.24. The van der Waals surface area contributed by atoms with Crippen LogP contribution in [0.5, 0.6) is 11.5 Å². The van der Waals surface area contributed by atoms with Gasteiger partial charge in [0.15, 0.2) is 5.43 Å². The van der Waals surface area contributed by atoms with Crippen molar-refractivity contribution in [2.45, 2.75) is 31.4 Å². The number of phenols is 2. The van der Waals surface area contributed by atoms with Crippen LogP contribution in [0.3, 0.4) is 0 Å². The maximum Gasteiger partial charge on any atom is 0.322 e. The molecule has 3 atom stereocenters. The predicted molar refractivity (Wildman–Crippen MR) is 125 cm³/mol. The number of nitrogens with two attached hydrogens (primary N) is 1. The molecule has 1 aromatic heterocycles. The fraction of sp³-hybridized carbons (Fsp3) is 0.333.